The van der Waals surface area contributed by atoms with E-state index in [1.807, 2.05) is 17.8 Å². The summed E-state index contributed by atoms with van der Waals surface area (Å²) < 4.78 is 0. The number of rotatable bonds is 1. The molecule has 1 aromatic carbocycles. The summed E-state index contributed by atoms with van der Waals surface area (Å²) in [6, 6.07) is 10.5. The average Bonchev–Trinajstić information content (AvgIpc) is 2.04. The topological polar surface area (TPSA) is 26.0 Å². The van der Waals surface area contributed by atoms with Crippen molar-refractivity contribution in [3.63, 3.8) is 0 Å². The van der Waals surface area contributed by atoms with Gasteiger partial charge in [-0.2, -0.15) is 0 Å². The molecular formula is C9H11NS. The van der Waals surface area contributed by atoms with Crippen molar-refractivity contribution in [2.45, 2.75) is 11.3 Å². The van der Waals surface area contributed by atoms with E-state index in [0.29, 0.717) is 11.3 Å². The van der Waals surface area contributed by atoms with E-state index in [2.05, 4.69) is 24.3 Å². The molecule has 0 bridgehead atoms. The number of hydrogen-bond acceptors (Lipinski definition) is 2. The van der Waals surface area contributed by atoms with Crippen LogP contribution < -0.4 is 5.73 Å². The fourth-order valence-electron chi connectivity index (χ4n) is 1.29. The molecule has 0 amide bonds. The van der Waals surface area contributed by atoms with Gasteiger partial charge in [-0.1, -0.05) is 30.3 Å². The zero-order chi connectivity index (χ0) is 7.68. The molecule has 0 saturated carbocycles. The summed E-state index contributed by atoms with van der Waals surface area (Å²) in [5.41, 5.74) is 7.21. The third kappa shape index (κ3) is 1.28. The van der Waals surface area contributed by atoms with Crippen LogP contribution >= 0.6 is 11.8 Å². The van der Waals surface area contributed by atoms with E-state index >= 15 is 0 Å². The molecule has 0 aliphatic carbocycles. The van der Waals surface area contributed by atoms with Crippen molar-refractivity contribution in [2.75, 3.05) is 5.75 Å². The molecule has 1 aromatic rings. The fourth-order valence-corrected chi connectivity index (χ4v) is 2.25. The summed E-state index contributed by atoms with van der Waals surface area (Å²) in [6.45, 7) is 0. The van der Waals surface area contributed by atoms with Crippen molar-refractivity contribution in [1.82, 2.24) is 0 Å². The molecule has 1 aliphatic heterocycles. The van der Waals surface area contributed by atoms with Crippen molar-refractivity contribution >= 4 is 11.8 Å². The molecule has 0 aromatic heterocycles. The Bertz CT molecular complexity index is 235. The molecule has 2 N–H and O–H groups in total. The first-order valence-electron chi connectivity index (χ1n) is 3.80. The Kier molecular flexibility index (Phi) is 1.88. The minimum absolute atomic E-state index is 0.331. The maximum absolute atomic E-state index is 5.82. The van der Waals surface area contributed by atoms with Gasteiger partial charge in [0, 0.05) is 11.7 Å². The zero-order valence-corrected chi connectivity index (χ0v) is 7.05. The highest BCUT2D eigenvalue weighted by atomic mass is 32.2. The van der Waals surface area contributed by atoms with Gasteiger partial charge in [-0.15, -0.1) is 11.8 Å². The van der Waals surface area contributed by atoms with Gasteiger partial charge in [0.1, 0.15) is 0 Å². The van der Waals surface area contributed by atoms with Crippen LogP contribution in [-0.2, 0) is 0 Å². The number of thioether (sulfide) groups is 1. The van der Waals surface area contributed by atoms with E-state index in [-0.39, 0.29) is 0 Å². The van der Waals surface area contributed by atoms with Crippen molar-refractivity contribution in [3.05, 3.63) is 35.9 Å². The minimum atomic E-state index is 0.331. The summed E-state index contributed by atoms with van der Waals surface area (Å²) in [4.78, 5) is 0. The molecule has 0 radical (unpaired) electrons. The molecule has 1 nitrogen and oxygen atoms in total. The van der Waals surface area contributed by atoms with Crippen molar-refractivity contribution in [3.8, 4) is 0 Å². The highest BCUT2D eigenvalue weighted by molar-refractivity contribution is 8.01. The van der Waals surface area contributed by atoms with Gasteiger partial charge in [0.15, 0.2) is 0 Å². The number of hydrogen-bond donors (Lipinski definition) is 1. The molecule has 2 unspecified atom stereocenters. The molecule has 0 spiro atoms. The molecule has 1 saturated heterocycles. The third-order valence-electron chi connectivity index (χ3n) is 2.09. The third-order valence-corrected chi connectivity index (χ3v) is 3.36. The van der Waals surface area contributed by atoms with Crippen LogP contribution in [0.15, 0.2) is 30.3 Å². The smallest absolute Gasteiger partial charge is 0.0584 e. The molecular weight excluding hydrogens is 154 g/mol. The van der Waals surface area contributed by atoms with E-state index in [1.54, 1.807) is 0 Å². The molecule has 2 heteroatoms. The monoisotopic (exact) mass is 165 g/mol. The first-order chi connectivity index (χ1) is 5.38. The maximum Gasteiger partial charge on any atom is 0.0584 e. The maximum atomic E-state index is 5.82. The Hall–Kier alpha value is -0.470. The second-order valence-electron chi connectivity index (χ2n) is 2.82. The lowest BCUT2D eigenvalue weighted by Crippen LogP contribution is -2.35. The Morgan fingerprint density at radius 2 is 2.00 bits per heavy atom. The van der Waals surface area contributed by atoms with E-state index in [4.69, 9.17) is 5.73 Å². The van der Waals surface area contributed by atoms with E-state index in [9.17, 15) is 0 Å². The Morgan fingerprint density at radius 1 is 1.27 bits per heavy atom. The standard InChI is InChI=1S/C9H11NS/c10-9-8(6-11-9)7-4-2-1-3-5-7/h1-5,8-9H,6,10H2. The van der Waals surface area contributed by atoms with E-state index in [0.717, 1.165) is 0 Å². The Labute approximate surface area is 71.0 Å². The molecule has 2 rings (SSSR count). The quantitative estimate of drug-likeness (QED) is 0.686. The first-order valence-corrected chi connectivity index (χ1v) is 4.85. The van der Waals surface area contributed by atoms with Crippen molar-refractivity contribution in [1.29, 1.82) is 0 Å². The largest absolute Gasteiger partial charge is 0.319 e. The predicted molar refractivity (Wildman–Crippen MR) is 49.6 cm³/mol. The van der Waals surface area contributed by atoms with Crippen LogP contribution in [0.5, 0.6) is 0 Å². The van der Waals surface area contributed by atoms with Gasteiger partial charge in [-0.3, -0.25) is 0 Å². The minimum Gasteiger partial charge on any atom is -0.319 e. The normalized spacial score (nSPS) is 29.5. The lowest BCUT2D eigenvalue weighted by Gasteiger charge is -2.33. The molecule has 1 aliphatic rings. The van der Waals surface area contributed by atoms with Gasteiger partial charge in [0.2, 0.25) is 0 Å². The van der Waals surface area contributed by atoms with Crippen LogP contribution in [0.2, 0.25) is 0 Å². The second kappa shape index (κ2) is 2.88. The van der Waals surface area contributed by atoms with Gasteiger partial charge < -0.3 is 5.73 Å². The van der Waals surface area contributed by atoms with E-state index < -0.39 is 0 Å². The summed E-state index contributed by atoms with van der Waals surface area (Å²) in [5.74, 6) is 1.78. The molecule has 2 atom stereocenters. The van der Waals surface area contributed by atoms with Gasteiger partial charge in [-0.25, -0.2) is 0 Å². The van der Waals surface area contributed by atoms with Crippen LogP contribution in [0, 0.1) is 0 Å². The average molecular weight is 165 g/mol. The van der Waals surface area contributed by atoms with Crippen LogP contribution in [0.3, 0.4) is 0 Å². The molecule has 58 valence electrons. The van der Waals surface area contributed by atoms with Crippen LogP contribution in [0.4, 0.5) is 0 Å². The van der Waals surface area contributed by atoms with Crippen molar-refractivity contribution in [2.24, 2.45) is 5.73 Å². The van der Waals surface area contributed by atoms with Gasteiger partial charge in [0.05, 0.1) is 5.37 Å². The predicted octanol–water partition coefficient (Wildman–Crippen LogP) is 1.80. The SMILES string of the molecule is NC1SCC1c1ccccc1. The zero-order valence-electron chi connectivity index (χ0n) is 6.23. The van der Waals surface area contributed by atoms with Gasteiger partial charge in [-0.05, 0) is 5.56 Å². The van der Waals surface area contributed by atoms with E-state index in [1.165, 1.54) is 11.3 Å². The summed E-state index contributed by atoms with van der Waals surface area (Å²) >= 11 is 1.84. The van der Waals surface area contributed by atoms with Crippen LogP contribution in [0.25, 0.3) is 0 Å². The van der Waals surface area contributed by atoms with Crippen LogP contribution in [0.1, 0.15) is 11.5 Å². The summed E-state index contributed by atoms with van der Waals surface area (Å²) in [6.07, 6.45) is 0. The fraction of sp³-hybridized carbons (Fsp3) is 0.333. The molecule has 1 heterocycles. The highest BCUT2D eigenvalue weighted by Gasteiger charge is 2.29. The molecule has 11 heavy (non-hydrogen) atoms. The summed E-state index contributed by atoms with van der Waals surface area (Å²) in [5, 5.41) is 0.331. The van der Waals surface area contributed by atoms with Crippen LogP contribution in [-0.4, -0.2) is 11.1 Å². The first kappa shape index (κ1) is 7.19. The van der Waals surface area contributed by atoms with Gasteiger partial charge in [0.25, 0.3) is 0 Å². The Balaban J connectivity index is 2.17. The summed E-state index contributed by atoms with van der Waals surface area (Å²) in [7, 11) is 0. The Morgan fingerprint density at radius 3 is 2.45 bits per heavy atom. The van der Waals surface area contributed by atoms with Gasteiger partial charge >= 0.3 is 0 Å². The molecule has 1 fully saturated rings. The lowest BCUT2D eigenvalue weighted by atomic mass is 10.0. The lowest BCUT2D eigenvalue weighted by molar-refractivity contribution is 0.691. The van der Waals surface area contributed by atoms with Crippen molar-refractivity contribution < 1.29 is 0 Å². The second-order valence-corrected chi connectivity index (χ2v) is 4.03. The highest BCUT2D eigenvalue weighted by Crippen LogP contribution is 2.38. The number of nitrogens with two attached hydrogens (primary N) is 1. The number of benzene rings is 1.